The summed E-state index contributed by atoms with van der Waals surface area (Å²) in [5.41, 5.74) is 4.42. The smallest absolute Gasteiger partial charge is 0.230 e. The Labute approximate surface area is 297 Å². The van der Waals surface area contributed by atoms with Crippen molar-refractivity contribution in [2.45, 2.75) is 20.4 Å². The Hall–Kier alpha value is -4.26. The van der Waals surface area contributed by atoms with Crippen LogP contribution in [0.1, 0.15) is 18.6 Å². The summed E-state index contributed by atoms with van der Waals surface area (Å²) in [7, 11) is 4.37. The fourth-order valence-electron chi connectivity index (χ4n) is 5.58. The molecule has 49 heavy (non-hydrogen) atoms. The SMILES string of the molecule is C.CN1CCN(CCN(C)Cc2ccc(-c3cc4nccc(Oc5ccc(NC(=S)NC(=O)Cc6ccccc6)cc5F)c4s3)cc2)CC1. The van der Waals surface area contributed by atoms with Gasteiger partial charge >= 0.3 is 0 Å². The lowest BCUT2D eigenvalue weighted by Crippen LogP contribution is -2.46. The molecular formula is C38H43FN6O2S2. The van der Waals surface area contributed by atoms with Crippen molar-refractivity contribution in [2.75, 3.05) is 58.7 Å². The van der Waals surface area contributed by atoms with Gasteiger partial charge in [-0.05, 0) is 61.2 Å². The average Bonchev–Trinajstić information content (AvgIpc) is 3.52. The molecule has 1 fully saturated rings. The number of anilines is 1. The first-order valence-electron chi connectivity index (χ1n) is 16.0. The van der Waals surface area contributed by atoms with Gasteiger partial charge in [0.2, 0.25) is 5.91 Å². The standard InChI is InChI=1S/C37H39FN6O2S2.CH4/c1-42-16-19-44(20-17-42)21-18-43(2)25-27-8-10-28(11-9-27)34-24-31-36(48-34)33(14-15-39-31)46-32-13-12-29(23-30(32)38)40-37(47)41-35(45)22-26-6-4-3-5-7-26;/h3-15,23-24H,16-22,25H2,1-2H3,(H2,40,41,45,47);1H4. The minimum absolute atomic E-state index is 0. The molecule has 1 aliphatic rings. The molecule has 1 saturated heterocycles. The van der Waals surface area contributed by atoms with E-state index in [0.29, 0.717) is 11.4 Å². The van der Waals surface area contributed by atoms with Gasteiger partial charge in [0.15, 0.2) is 16.7 Å². The van der Waals surface area contributed by atoms with E-state index in [2.05, 4.69) is 68.7 Å². The van der Waals surface area contributed by atoms with Crippen LogP contribution in [0.5, 0.6) is 11.5 Å². The van der Waals surface area contributed by atoms with Crippen molar-refractivity contribution in [1.29, 1.82) is 0 Å². The van der Waals surface area contributed by atoms with Crippen molar-refractivity contribution in [3.63, 3.8) is 0 Å². The molecule has 0 unspecified atom stereocenters. The number of rotatable bonds is 11. The molecule has 11 heteroatoms. The molecule has 3 aromatic carbocycles. The number of ether oxygens (including phenoxy) is 1. The largest absolute Gasteiger partial charge is 0.453 e. The number of fused-ring (bicyclic) bond motifs is 1. The maximum absolute atomic E-state index is 15.2. The third-order valence-electron chi connectivity index (χ3n) is 8.33. The van der Waals surface area contributed by atoms with Gasteiger partial charge in [0, 0.05) is 74.7 Å². The molecule has 5 aromatic rings. The lowest BCUT2D eigenvalue weighted by Gasteiger charge is -2.33. The molecule has 0 bridgehead atoms. The van der Waals surface area contributed by atoms with Crippen LogP contribution < -0.4 is 15.4 Å². The summed E-state index contributed by atoms with van der Waals surface area (Å²) in [5, 5.41) is 5.59. The van der Waals surface area contributed by atoms with Gasteiger partial charge in [0.25, 0.3) is 0 Å². The van der Waals surface area contributed by atoms with Crippen molar-refractivity contribution in [3.8, 4) is 21.9 Å². The third kappa shape index (κ3) is 9.90. The van der Waals surface area contributed by atoms with Gasteiger partial charge in [-0.3, -0.25) is 14.7 Å². The summed E-state index contributed by atoms with van der Waals surface area (Å²) in [6.07, 6.45) is 1.86. The van der Waals surface area contributed by atoms with Crippen LogP contribution in [0.3, 0.4) is 0 Å². The average molecular weight is 699 g/mol. The molecule has 2 aromatic heterocycles. The van der Waals surface area contributed by atoms with Crippen LogP contribution in [0, 0.1) is 5.82 Å². The zero-order chi connectivity index (χ0) is 33.5. The van der Waals surface area contributed by atoms with E-state index in [0.717, 1.165) is 72.0 Å². The van der Waals surface area contributed by atoms with Crippen molar-refractivity contribution >= 4 is 50.5 Å². The third-order valence-corrected chi connectivity index (χ3v) is 9.72. The lowest BCUT2D eigenvalue weighted by atomic mass is 10.1. The van der Waals surface area contributed by atoms with Crippen molar-refractivity contribution in [3.05, 3.63) is 108 Å². The number of aromatic nitrogens is 1. The van der Waals surface area contributed by atoms with E-state index in [9.17, 15) is 4.79 Å². The lowest BCUT2D eigenvalue weighted by molar-refractivity contribution is -0.119. The molecule has 6 rings (SSSR count). The number of pyridine rings is 1. The first kappa shape index (κ1) is 36.0. The number of piperazine rings is 1. The van der Waals surface area contributed by atoms with Crippen LogP contribution in [0.4, 0.5) is 10.1 Å². The fourth-order valence-corrected chi connectivity index (χ4v) is 6.88. The predicted octanol–water partition coefficient (Wildman–Crippen LogP) is 7.27. The first-order chi connectivity index (χ1) is 23.3. The summed E-state index contributed by atoms with van der Waals surface area (Å²) in [6.45, 7) is 7.59. The molecule has 1 aliphatic heterocycles. The maximum atomic E-state index is 15.2. The second-order valence-corrected chi connectivity index (χ2v) is 13.6. The number of hydrogen-bond donors (Lipinski definition) is 2. The number of thiophene rings is 1. The molecule has 0 saturated carbocycles. The second kappa shape index (κ2) is 16.9. The highest BCUT2D eigenvalue weighted by Crippen LogP contribution is 2.39. The Morgan fingerprint density at radius 1 is 0.980 bits per heavy atom. The number of likely N-dealkylation sites (N-methyl/N-ethyl adjacent to an activating group) is 2. The molecular weight excluding hydrogens is 656 g/mol. The number of thiocarbonyl (C=S) groups is 1. The molecule has 0 radical (unpaired) electrons. The van der Waals surface area contributed by atoms with E-state index >= 15 is 4.39 Å². The van der Waals surface area contributed by atoms with E-state index in [4.69, 9.17) is 17.0 Å². The van der Waals surface area contributed by atoms with Crippen LogP contribution in [-0.2, 0) is 17.8 Å². The number of nitrogens with one attached hydrogen (secondary N) is 2. The van der Waals surface area contributed by atoms with E-state index < -0.39 is 5.82 Å². The van der Waals surface area contributed by atoms with Crippen LogP contribution >= 0.6 is 23.6 Å². The Bertz CT molecular complexity index is 1860. The Morgan fingerprint density at radius 2 is 1.73 bits per heavy atom. The Kier molecular flexibility index (Phi) is 12.4. The van der Waals surface area contributed by atoms with Crippen LogP contribution in [0.2, 0.25) is 0 Å². The number of benzene rings is 3. The topological polar surface area (TPSA) is 73.0 Å². The second-order valence-electron chi connectivity index (χ2n) is 12.1. The van der Waals surface area contributed by atoms with Gasteiger partial charge in [-0.25, -0.2) is 4.39 Å². The van der Waals surface area contributed by atoms with Crippen molar-refractivity contribution < 1.29 is 13.9 Å². The summed E-state index contributed by atoms with van der Waals surface area (Å²) < 4.78 is 22.1. The van der Waals surface area contributed by atoms with Gasteiger partial charge in [0.05, 0.1) is 16.6 Å². The van der Waals surface area contributed by atoms with Gasteiger partial charge in [0.1, 0.15) is 5.75 Å². The molecule has 8 nitrogen and oxygen atoms in total. The van der Waals surface area contributed by atoms with Gasteiger partial charge in [-0.15, -0.1) is 11.3 Å². The predicted molar refractivity (Wildman–Crippen MR) is 203 cm³/mol. The fraction of sp³-hybridized carbons (Fsp3) is 0.289. The minimum atomic E-state index is -0.566. The van der Waals surface area contributed by atoms with Gasteiger partial charge in [-0.1, -0.05) is 62.0 Å². The number of amides is 1. The molecule has 256 valence electrons. The van der Waals surface area contributed by atoms with E-state index in [1.54, 1.807) is 29.7 Å². The van der Waals surface area contributed by atoms with Gasteiger partial charge in [-0.2, -0.15) is 0 Å². The molecule has 0 atom stereocenters. The van der Waals surface area contributed by atoms with Crippen LogP contribution in [0.25, 0.3) is 20.7 Å². The quantitative estimate of drug-likeness (QED) is 0.140. The van der Waals surface area contributed by atoms with E-state index in [1.807, 2.05) is 36.4 Å². The van der Waals surface area contributed by atoms with Crippen molar-refractivity contribution in [2.24, 2.45) is 0 Å². The number of hydrogen-bond acceptors (Lipinski definition) is 8. The number of halogens is 1. The highest BCUT2D eigenvalue weighted by molar-refractivity contribution is 7.80. The molecule has 0 aliphatic carbocycles. The van der Waals surface area contributed by atoms with E-state index in [-0.39, 0.29) is 30.6 Å². The number of carbonyl (C=O) groups is 1. The van der Waals surface area contributed by atoms with Crippen LogP contribution in [0.15, 0.2) is 91.1 Å². The molecule has 2 N–H and O–H groups in total. The minimum Gasteiger partial charge on any atom is -0.453 e. The molecule has 0 spiro atoms. The molecule has 1 amide bonds. The zero-order valence-electron chi connectivity index (χ0n) is 27.1. The monoisotopic (exact) mass is 698 g/mol. The van der Waals surface area contributed by atoms with Gasteiger partial charge < -0.3 is 25.2 Å². The summed E-state index contributed by atoms with van der Waals surface area (Å²) >= 11 is 6.82. The number of nitrogens with zero attached hydrogens (tertiary/aromatic N) is 4. The Balaban J connectivity index is 0.00000468. The maximum Gasteiger partial charge on any atom is 0.230 e. The first-order valence-corrected chi connectivity index (χ1v) is 17.2. The summed E-state index contributed by atoms with van der Waals surface area (Å²) in [6, 6.07) is 26.3. The summed E-state index contributed by atoms with van der Waals surface area (Å²) in [5.74, 6) is -0.225. The normalized spacial score (nSPS) is 13.6. The highest BCUT2D eigenvalue weighted by Gasteiger charge is 2.16. The molecule has 3 heterocycles. The van der Waals surface area contributed by atoms with Crippen LogP contribution in [-0.4, -0.2) is 84.1 Å². The van der Waals surface area contributed by atoms with E-state index in [1.165, 1.54) is 17.7 Å². The zero-order valence-corrected chi connectivity index (χ0v) is 28.7. The number of carbonyl (C=O) groups excluding carboxylic acids is 1. The summed E-state index contributed by atoms with van der Waals surface area (Å²) in [4.78, 5) is 25.2. The highest BCUT2D eigenvalue weighted by atomic mass is 32.1. The van der Waals surface area contributed by atoms with Crippen molar-refractivity contribution in [1.82, 2.24) is 25.0 Å². The Morgan fingerprint density at radius 3 is 2.47 bits per heavy atom.